The molecule has 1 aliphatic rings. The van der Waals surface area contributed by atoms with Crippen molar-refractivity contribution in [3.05, 3.63) is 77.4 Å². The molecule has 2 nitrogen and oxygen atoms in total. The molecule has 0 unspecified atom stereocenters. The van der Waals surface area contributed by atoms with E-state index in [-0.39, 0.29) is 11.9 Å². The number of carbonyl (C=O) groups excluding carboxylic acids is 1. The molecule has 0 amide bonds. The lowest BCUT2D eigenvalue weighted by atomic mass is 9.92. The standard InChI is InChI=1S/C17H14O2/c1-11-7-9-13(10-8-11)17-12(2)16(18)14-5-3-4-6-15(14)19-17/h3-10,17H,2H2,1H3/t17-/m1/s1. The van der Waals surface area contributed by atoms with Gasteiger partial charge < -0.3 is 4.74 Å². The summed E-state index contributed by atoms with van der Waals surface area (Å²) in [6.45, 7) is 5.93. The quantitative estimate of drug-likeness (QED) is 0.718. The van der Waals surface area contributed by atoms with E-state index in [0.29, 0.717) is 16.9 Å². The van der Waals surface area contributed by atoms with E-state index >= 15 is 0 Å². The third-order valence-electron chi connectivity index (χ3n) is 3.36. The number of ether oxygens (including phenoxy) is 1. The number of aryl methyl sites for hydroxylation is 1. The van der Waals surface area contributed by atoms with Crippen molar-refractivity contribution in [1.29, 1.82) is 0 Å². The molecular formula is C17H14O2. The summed E-state index contributed by atoms with van der Waals surface area (Å²) in [7, 11) is 0. The maximum atomic E-state index is 12.3. The summed E-state index contributed by atoms with van der Waals surface area (Å²) in [6.07, 6.45) is -0.386. The number of benzene rings is 2. The molecular weight excluding hydrogens is 236 g/mol. The summed E-state index contributed by atoms with van der Waals surface area (Å²) in [4.78, 5) is 12.3. The van der Waals surface area contributed by atoms with Crippen LogP contribution in [0, 0.1) is 6.92 Å². The summed E-state index contributed by atoms with van der Waals surface area (Å²) in [5, 5.41) is 0. The number of fused-ring (bicyclic) bond motifs is 1. The van der Waals surface area contributed by atoms with Crippen LogP contribution in [-0.2, 0) is 0 Å². The number of para-hydroxylation sites is 1. The van der Waals surface area contributed by atoms with Gasteiger partial charge in [0.05, 0.1) is 5.56 Å². The lowest BCUT2D eigenvalue weighted by Crippen LogP contribution is -2.23. The number of Topliss-reactive ketones (excluding diaryl/α,β-unsaturated/α-hetero) is 1. The van der Waals surface area contributed by atoms with E-state index in [1.807, 2.05) is 49.4 Å². The van der Waals surface area contributed by atoms with Gasteiger partial charge in [0.15, 0.2) is 11.9 Å². The normalized spacial score (nSPS) is 17.8. The Labute approximate surface area is 112 Å². The van der Waals surface area contributed by atoms with Gasteiger partial charge in [0.1, 0.15) is 5.75 Å². The molecule has 94 valence electrons. The van der Waals surface area contributed by atoms with Gasteiger partial charge in [-0.05, 0) is 24.6 Å². The monoisotopic (exact) mass is 250 g/mol. The molecule has 0 radical (unpaired) electrons. The zero-order chi connectivity index (χ0) is 13.4. The summed E-state index contributed by atoms with van der Waals surface area (Å²) in [6, 6.07) is 15.3. The number of carbonyl (C=O) groups is 1. The Hall–Kier alpha value is -2.35. The van der Waals surface area contributed by atoms with Gasteiger partial charge >= 0.3 is 0 Å². The molecule has 0 bridgehead atoms. The first kappa shape index (κ1) is 11.7. The van der Waals surface area contributed by atoms with Crippen LogP contribution in [0.1, 0.15) is 27.6 Å². The highest BCUT2D eigenvalue weighted by Crippen LogP contribution is 2.37. The number of ketones is 1. The molecule has 3 rings (SSSR count). The molecule has 1 heterocycles. The third kappa shape index (κ3) is 1.95. The average Bonchev–Trinajstić information content (AvgIpc) is 2.44. The van der Waals surface area contributed by atoms with Crippen molar-refractivity contribution < 1.29 is 9.53 Å². The molecule has 2 heteroatoms. The first-order valence-corrected chi connectivity index (χ1v) is 6.22. The SMILES string of the molecule is C=C1C(=O)c2ccccc2O[C@H]1c1ccc(C)cc1. The molecule has 0 fully saturated rings. The second kappa shape index (κ2) is 4.39. The van der Waals surface area contributed by atoms with Gasteiger partial charge in [-0.15, -0.1) is 0 Å². The lowest BCUT2D eigenvalue weighted by Gasteiger charge is -2.27. The molecule has 0 N–H and O–H groups in total. The molecule has 0 spiro atoms. The van der Waals surface area contributed by atoms with E-state index in [4.69, 9.17) is 4.74 Å². The van der Waals surface area contributed by atoms with Crippen LogP contribution in [0.5, 0.6) is 5.75 Å². The minimum absolute atomic E-state index is 0.0348. The van der Waals surface area contributed by atoms with Crippen molar-refractivity contribution in [2.75, 3.05) is 0 Å². The fraction of sp³-hybridized carbons (Fsp3) is 0.118. The highest BCUT2D eigenvalue weighted by molar-refractivity contribution is 6.11. The Morgan fingerprint density at radius 2 is 1.74 bits per heavy atom. The molecule has 2 aromatic rings. The van der Waals surface area contributed by atoms with Gasteiger partial charge in [-0.3, -0.25) is 4.79 Å². The van der Waals surface area contributed by atoms with Crippen molar-refractivity contribution in [3.8, 4) is 5.75 Å². The van der Waals surface area contributed by atoms with Gasteiger partial charge in [-0.1, -0.05) is 48.5 Å². The zero-order valence-corrected chi connectivity index (χ0v) is 10.7. The summed E-state index contributed by atoms with van der Waals surface area (Å²) in [5.74, 6) is 0.595. The summed E-state index contributed by atoms with van der Waals surface area (Å²) >= 11 is 0. The lowest BCUT2D eigenvalue weighted by molar-refractivity contribution is 0.0962. The Balaban J connectivity index is 2.04. The fourth-order valence-electron chi connectivity index (χ4n) is 2.26. The Morgan fingerprint density at radius 3 is 2.47 bits per heavy atom. The van der Waals surface area contributed by atoms with Crippen LogP contribution in [0.25, 0.3) is 0 Å². The van der Waals surface area contributed by atoms with Gasteiger partial charge in [-0.2, -0.15) is 0 Å². The highest BCUT2D eigenvalue weighted by atomic mass is 16.5. The molecule has 0 aromatic heterocycles. The smallest absolute Gasteiger partial charge is 0.196 e. The molecule has 0 saturated carbocycles. The van der Waals surface area contributed by atoms with Crippen molar-refractivity contribution >= 4 is 5.78 Å². The molecule has 0 aliphatic carbocycles. The number of hydrogen-bond acceptors (Lipinski definition) is 2. The second-order valence-electron chi connectivity index (χ2n) is 4.76. The van der Waals surface area contributed by atoms with Crippen LogP contribution in [0.4, 0.5) is 0 Å². The Bertz CT molecular complexity index is 653. The number of hydrogen-bond donors (Lipinski definition) is 0. The Kier molecular flexibility index (Phi) is 2.71. The molecule has 2 aromatic carbocycles. The van der Waals surface area contributed by atoms with Crippen molar-refractivity contribution in [3.63, 3.8) is 0 Å². The van der Waals surface area contributed by atoms with Crippen LogP contribution < -0.4 is 4.74 Å². The van der Waals surface area contributed by atoms with Gasteiger partial charge in [0, 0.05) is 5.57 Å². The zero-order valence-electron chi connectivity index (χ0n) is 10.7. The highest BCUT2D eigenvalue weighted by Gasteiger charge is 2.30. The van der Waals surface area contributed by atoms with Gasteiger partial charge in [-0.25, -0.2) is 0 Å². The predicted molar refractivity (Wildman–Crippen MR) is 74.5 cm³/mol. The minimum Gasteiger partial charge on any atom is -0.480 e. The van der Waals surface area contributed by atoms with Crippen molar-refractivity contribution in [1.82, 2.24) is 0 Å². The average molecular weight is 250 g/mol. The summed E-state index contributed by atoms with van der Waals surface area (Å²) in [5.41, 5.74) is 3.22. The van der Waals surface area contributed by atoms with Crippen LogP contribution in [0.3, 0.4) is 0 Å². The maximum absolute atomic E-state index is 12.3. The maximum Gasteiger partial charge on any atom is 0.196 e. The first-order chi connectivity index (χ1) is 9.16. The van der Waals surface area contributed by atoms with E-state index in [0.717, 1.165) is 5.56 Å². The van der Waals surface area contributed by atoms with Gasteiger partial charge in [0.25, 0.3) is 0 Å². The van der Waals surface area contributed by atoms with Crippen molar-refractivity contribution in [2.45, 2.75) is 13.0 Å². The fourth-order valence-corrected chi connectivity index (χ4v) is 2.26. The van der Waals surface area contributed by atoms with E-state index in [1.54, 1.807) is 6.07 Å². The summed E-state index contributed by atoms with van der Waals surface area (Å²) < 4.78 is 5.92. The van der Waals surface area contributed by atoms with E-state index in [9.17, 15) is 4.79 Å². The second-order valence-corrected chi connectivity index (χ2v) is 4.76. The first-order valence-electron chi connectivity index (χ1n) is 6.22. The largest absolute Gasteiger partial charge is 0.480 e. The van der Waals surface area contributed by atoms with Crippen LogP contribution in [-0.4, -0.2) is 5.78 Å². The third-order valence-corrected chi connectivity index (χ3v) is 3.36. The van der Waals surface area contributed by atoms with Gasteiger partial charge in [0.2, 0.25) is 0 Å². The van der Waals surface area contributed by atoms with Crippen LogP contribution >= 0.6 is 0 Å². The van der Waals surface area contributed by atoms with E-state index < -0.39 is 0 Å². The van der Waals surface area contributed by atoms with Crippen LogP contribution in [0.15, 0.2) is 60.7 Å². The molecule has 1 atom stereocenters. The Morgan fingerprint density at radius 1 is 1.05 bits per heavy atom. The molecule has 19 heavy (non-hydrogen) atoms. The van der Waals surface area contributed by atoms with Crippen LogP contribution in [0.2, 0.25) is 0 Å². The number of rotatable bonds is 1. The predicted octanol–water partition coefficient (Wildman–Crippen LogP) is 3.87. The minimum atomic E-state index is -0.386. The van der Waals surface area contributed by atoms with E-state index in [1.165, 1.54) is 5.56 Å². The molecule has 1 aliphatic heterocycles. The molecule has 0 saturated heterocycles. The van der Waals surface area contributed by atoms with E-state index in [2.05, 4.69) is 6.58 Å². The topological polar surface area (TPSA) is 26.3 Å². The van der Waals surface area contributed by atoms with Crippen molar-refractivity contribution in [2.24, 2.45) is 0 Å².